The molecule has 0 heterocycles. The number of anilines is 1. The molecule has 1 aromatic rings. The van der Waals surface area contributed by atoms with E-state index in [0.717, 1.165) is 19.3 Å². The molecule has 1 atom stereocenters. The molecule has 1 unspecified atom stereocenters. The van der Waals surface area contributed by atoms with Gasteiger partial charge < -0.3 is 10.1 Å². The number of alkyl carbamates (subject to hydrolysis) is 1. The van der Waals surface area contributed by atoms with Crippen LogP contribution in [0, 0.1) is 12.2 Å². The quantitative estimate of drug-likeness (QED) is 0.836. The molecule has 1 fully saturated rings. The third-order valence-corrected chi connectivity index (χ3v) is 3.62. The van der Waals surface area contributed by atoms with Crippen LogP contribution >= 0.6 is 11.6 Å². The van der Waals surface area contributed by atoms with E-state index in [1.807, 2.05) is 0 Å². The Morgan fingerprint density at radius 1 is 1.50 bits per heavy atom. The summed E-state index contributed by atoms with van der Waals surface area (Å²) in [6.45, 7) is 0. The maximum atomic E-state index is 13.2. The van der Waals surface area contributed by atoms with Crippen LogP contribution in [0.1, 0.15) is 25.7 Å². The summed E-state index contributed by atoms with van der Waals surface area (Å²) in [5.74, 6) is -0.470. The van der Waals surface area contributed by atoms with E-state index in [-0.39, 0.29) is 5.02 Å². The average Bonchev–Trinajstić information content (AvgIpc) is 2.43. The van der Waals surface area contributed by atoms with Gasteiger partial charge in [0.15, 0.2) is 0 Å². The fourth-order valence-corrected chi connectivity index (χ4v) is 2.53. The molecule has 1 saturated carbocycles. The van der Waals surface area contributed by atoms with Crippen LogP contribution < -0.4 is 10.6 Å². The SMILES string of the molecule is COC(=O)NC1(Nc2ccc(F)c(Cl)c2)C[CH]CCC1. The van der Waals surface area contributed by atoms with Crippen molar-refractivity contribution in [2.24, 2.45) is 0 Å². The number of methoxy groups -OCH3 is 1. The van der Waals surface area contributed by atoms with E-state index in [1.54, 1.807) is 6.07 Å². The minimum Gasteiger partial charge on any atom is -0.453 e. The second-order valence-electron chi connectivity index (χ2n) is 4.84. The summed E-state index contributed by atoms with van der Waals surface area (Å²) in [6.07, 6.45) is 4.99. The normalized spacial score (nSPS) is 17.4. The third-order valence-electron chi connectivity index (χ3n) is 3.33. The minimum atomic E-state index is -0.619. The molecule has 1 aromatic carbocycles. The highest BCUT2D eigenvalue weighted by molar-refractivity contribution is 6.31. The molecule has 1 amide bonds. The fourth-order valence-electron chi connectivity index (χ4n) is 2.35. The molecule has 1 radical (unpaired) electrons. The summed E-state index contributed by atoms with van der Waals surface area (Å²) >= 11 is 5.78. The lowest BCUT2D eigenvalue weighted by Crippen LogP contribution is -2.55. The molecule has 0 aromatic heterocycles. The average molecular weight is 300 g/mol. The number of rotatable bonds is 3. The molecule has 1 aliphatic rings. The van der Waals surface area contributed by atoms with Crippen LogP contribution in [0.3, 0.4) is 0 Å². The van der Waals surface area contributed by atoms with E-state index in [9.17, 15) is 9.18 Å². The molecule has 0 aliphatic heterocycles. The maximum Gasteiger partial charge on any atom is 0.408 e. The van der Waals surface area contributed by atoms with Crippen molar-refractivity contribution in [3.8, 4) is 0 Å². The van der Waals surface area contributed by atoms with E-state index in [1.165, 1.54) is 19.2 Å². The first-order valence-electron chi connectivity index (χ1n) is 6.46. The molecule has 109 valence electrons. The van der Waals surface area contributed by atoms with E-state index < -0.39 is 17.6 Å². The summed E-state index contributed by atoms with van der Waals surface area (Å²) in [5.41, 5.74) is 0.0371. The van der Waals surface area contributed by atoms with Gasteiger partial charge in [-0.15, -0.1) is 0 Å². The van der Waals surface area contributed by atoms with Crippen molar-refractivity contribution in [2.75, 3.05) is 12.4 Å². The standard InChI is InChI=1S/C14H17ClFN2O2/c1-20-13(19)18-14(7-3-2-4-8-14)17-10-5-6-12(16)11(15)9-10/h3,5-6,9,17H,2,4,7-8H2,1H3,(H,18,19). The molecule has 20 heavy (non-hydrogen) atoms. The summed E-state index contributed by atoms with van der Waals surface area (Å²) in [5, 5.41) is 6.10. The number of hydrogen-bond acceptors (Lipinski definition) is 3. The fraction of sp³-hybridized carbons (Fsp3) is 0.429. The zero-order valence-corrected chi connectivity index (χ0v) is 12.0. The molecular weight excluding hydrogens is 283 g/mol. The highest BCUT2D eigenvalue weighted by Gasteiger charge is 2.34. The van der Waals surface area contributed by atoms with Crippen LogP contribution in [0.15, 0.2) is 18.2 Å². The molecule has 0 spiro atoms. The number of benzene rings is 1. The lowest BCUT2D eigenvalue weighted by Gasteiger charge is -2.39. The summed E-state index contributed by atoms with van der Waals surface area (Å²) in [6, 6.07) is 4.39. The monoisotopic (exact) mass is 299 g/mol. The number of nitrogens with one attached hydrogen (secondary N) is 2. The number of carbonyl (C=O) groups excluding carboxylic acids is 1. The number of ether oxygens (including phenoxy) is 1. The van der Waals surface area contributed by atoms with Crippen LogP contribution in [0.2, 0.25) is 5.02 Å². The first-order valence-corrected chi connectivity index (χ1v) is 6.83. The first kappa shape index (κ1) is 14.9. The van der Waals surface area contributed by atoms with Gasteiger partial charge in [-0.2, -0.15) is 0 Å². The Morgan fingerprint density at radius 3 is 2.90 bits per heavy atom. The molecule has 0 bridgehead atoms. The van der Waals surface area contributed by atoms with Crippen molar-refractivity contribution in [3.63, 3.8) is 0 Å². The Hall–Kier alpha value is -1.49. The van der Waals surface area contributed by atoms with Crippen molar-refractivity contribution in [1.82, 2.24) is 5.32 Å². The molecule has 2 N–H and O–H groups in total. The number of amides is 1. The Labute approximate surface area is 122 Å². The van der Waals surface area contributed by atoms with Crippen LogP contribution in [0.5, 0.6) is 0 Å². The van der Waals surface area contributed by atoms with Crippen molar-refractivity contribution < 1.29 is 13.9 Å². The molecular formula is C14H17ClFN2O2. The topological polar surface area (TPSA) is 50.4 Å². The van der Waals surface area contributed by atoms with Crippen LogP contribution in [0.25, 0.3) is 0 Å². The summed E-state index contributed by atoms with van der Waals surface area (Å²) in [7, 11) is 1.32. The number of carbonyl (C=O) groups is 1. The predicted octanol–water partition coefficient (Wildman–Crippen LogP) is 3.72. The van der Waals surface area contributed by atoms with E-state index in [4.69, 9.17) is 11.6 Å². The van der Waals surface area contributed by atoms with Gasteiger partial charge in [0.05, 0.1) is 12.1 Å². The Kier molecular flexibility index (Phi) is 4.70. The lowest BCUT2D eigenvalue weighted by atomic mass is 9.88. The van der Waals surface area contributed by atoms with Crippen molar-refractivity contribution >= 4 is 23.4 Å². The third kappa shape index (κ3) is 3.54. The highest BCUT2D eigenvalue weighted by Crippen LogP contribution is 2.30. The van der Waals surface area contributed by atoms with Gasteiger partial charge in [-0.1, -0.05) is 11.6 Å². The van der Waals surface area contributed by atoms with Gasteiger partial charge in [-0.25, -0.2) is 9.18 Å². The van der Waals surface area contributed by atoms with Gasteiger partial charge in [0, 0.05) is 5.69 Å². The maximum absolute atomic E-state index is 13.2. The second kappa shape index (κ2) is 6.31. The van der Waals surface area contributed by atoms with Gasteiger partial charge in [0.25, 0.3) is 0 Å². The zero-order valence-electron chi connectivity index (χ0n) is 11.2. The van der Waals surface area contributed by atoms with Crippen LogP contribution in [0.4, 0.5) is 14.9 Å². The molecule has 2 rings (SSSR count). The molecule has 1 aliphatic carbocycles. The van der Waals surface area contributed by atoms with E-state index in [0.29, 0.717) is 12.1 Å². The van der Waals surface area contributed by atoms with Crippen molar-refractivity contribution in [1.29, 1.82) is 0 Å². The zero-order chi connectivity index (χ0) is 14.6. The lowest BCUT2D eigenvalue weighted by molar-refractivity contribution is 0.154. The Morgan fingerprint density at radius 2 is 2.30 bits per heavy atom. The van der Waals surface area contributed by atoms with E-state index >= 15 is 0 Å². The van der Waals surface area contributed by atoms with E-state index in [2.05, 4.69) is 21.8 Å². The number of halogens is 2. The second-order valence-corrected chi connectivity index (χ2v) is 5.24. The largest absolute Gasteiger partial charge is 0.453 e. The molecule has 0 saturated heterocycles. The summed E-state index contributed by atoms with van der Waals surface area (Å²) < 4.78 is 17.9. The van der Waals surface area contributed by atoms with Crippen molar-refractivity contribution in [3.05, 3.63) is 35.5 Å². The van der Waals surface area contributed by atoms with Crippen LogP contribution in [-0.4, -0.2) is 18.9 Å². The first-order chi connectivity index (χ1) is 9.54. The van der Waals surface area contributed by atoms with Gasteiger partial charge in [0.1, 0.15) is 11.5 Å². The Bertz CT molecular complexity index is 490. The molecule has 4 nitrogen and oxygen atoms in total. The van der Waals surface area contributed by atoms with Crippen molar-refractivity contribution in [2.45, 2.75) is 31.3 Å². The van der Waals surface area contributed by atoms with Gasteiger partial charge in [-0.3, -0.25) is 5.32 Å². The predicted molar refractivity (Wildman–Crippen MR) is 76.1 cm³/mol. The highest BCUT2D eigenvalue weighted by atomic mass is 35.5. The summed E-state index contributed by atoms with van der Waals surface area (Å²) in [4.78, 5) is 11.5. The Balaban J connectivity index is 2.18. The van der Waals surface area contributed by atoms with Gasteiger partial charge >= 0.3 is 6.09 Å². The van der Waals surface area contributed by atoms with Gasteiger partial charge in [0.2, 0.25) is 0 Å². The number of hydrogen-bond donors (Lipinski definition) is 2. The smallest absolute Gasteiger partial charge is 0.408 e. The molecule has 6 heteroatoms. The van der Waals surface area contributed by atoms with Gasteiger partial charge in [-0.05, 0) is 50.3 Å². The minimum absolute atomic E-state index is 0.0445. The van der Waals surface area contributed by atoms with Crippen LogP contribution in [-0.2, 0) is 4.74 Å².